The standard InChI is InChI=1S/C7H11N3S/c1-6-8-9-7(11-6)10-4-2-3-5-10/h2-5H2,1H3. The number of anilines is 1. The molecule has 0 aliphatic carbocycles. The monoisotopic (exact) mass is 169 g/mol. The zero-order valence-corrected chi connectivity index (χ0v) is 7.39. The average molecular weight is 169 g/mol. The Bertz CT molecular complexity index is 240. The van der Waals surface area contributed by atoms with Crippen molar-refractivity contribution >= 4 is 16.5 Å². The molecule has 2 rings (SSSR count). The lowest BCUT2D eigenvalue weighted by Crippen LogP contribution is -2.17. The van der Waals surface area contributed by atoms with Gasteiger partial charge in [-0.05, 0) is 19.8 Å². The van der Waals surface area contributed by atoms with Crippen molar-refractivity contribution in [3.8, 4) is 0 Å². The van der Waals surface area contributed by atoms with Crippen molar-refractivity contribution in [2.75, 3.05) is 18.0 Å². The maximum atomic E-state index is 4.09. The molecule has 0 amide bonds. The minimum atomic E-state index is 1.06. The van der Waals surface area contributed by atoms with Crippen LogP contribution in [0.3, 0.4) is 0 Å². The second-order valence-corrected chi connectivity index (χ2v) is 3.96. The second-order valence-electron chi connectivity index (χ2n) is 2.80. The summed E-state index contributed by atoms with van der Waals surface area (Å²) >= 11 is 1.69. The summed E-state index contributed by atoms with van der Waals surface area (Å²) in [6, 6.07) is 0. The molecular formula is C7H11N3S. The van der Waals surface area contributed by atoms with Gasteiger partial charge in [-0.15, -0.1) is 10.2 Å². The molecule has 11 heavy (non-hydrogen) atoms. The molecule has 0 spiro atoms. The Kier molecular flexibility index (Phi) is 1.77. The summed E-state index contributed by atoms with van der Waals surface area (Å²) in [5.41, 5.74) is 0. The third-order valence-electron chi connectivity index (χ3n) is 1.89. The Morgan fingerprint density at radius 1 is 1.27 bits per heavy atom. The Morgan fingerprint density at radius 2 is 2.00 bits per heavy atom. The van der Waals surface area contributed by atoms with Crippen LogP contribution in [0.4, 0.5) is 5.13 Å². The van der Waals surface area contributed by atoms with Gasteiger partial charge < -0.3 is 4.90 Å². The molecule has 1 saturated heterocycles. The molecule has 1 fully saturated rings. The average Bonchev–Trinajstić information content (AvgIpc) is 2.55. The Labute approximate surface area is 70.1 Å². The van der Waals surface area contributed by atoms with Crippen LogP contribution in [0, 0.1) is 6.92 Å². The molecule has 1 aliphatic heterocycles. The quantitative estimate of drug-likeness (QED) is 0.637. The van der Waals surface area contributed by atoms with E-state index >= 15 is 0 Å². The van der Waals surface area contributed by atoms with Gasteiger partial charge in [-0.25, -0.2) is 0 Å². The van der Waals surface area contributed by atoms with E-state index in [0.717, 1.165) is 23.2 Å². The number of nitrogens with zero attached hydrogens (tertiary/aromatic N) is 3. The molecule has 0 unspecified atom stereocenters. The van der Waals surface area contributed by atoms with E-state index in [1.165, 1.54) is 12.8 Å². The molecule has 1 aromatic rings. The van der Waals surface area contributed by atoms with Crippen LogP contribution < -0.4 is 4.90 Å². The fourth-order valence-electron chi connectivity index (χ4n) is 1.32. The SMILES string of the molecule is Cc1nnc(N2CCCC2)s1. The van der Waals surface area contributed by atoms with E-state index in [9.17, 15) is 0 Å². The van der Waals surface area contributed by atoms with Crippen molar-refractivity contribution in [3.05, 3.63) is 5.01 Å². The van der Waals surface area contributed by atoms with Gasteiger partial charge in [0.15, 0.2) is 0 Å². The van der Waals surface area contributed by atoms with Gasteiger partial charge in [0.2, 0.25) is 5.13 Å². The van der Waals surface area contributed by atoms with E-state index in [4.69, 9.17) is 0 Å². The highest BCUT2D eigenvalue weighted by Gasteiger charge is 2.15. The smallest absolute Gasteiger partial charge is 0.208 e. The first kappa shape index (κ1) is 7.03. The normalized spacial score (nSPS) is 17.7. The minimum absolute atomic E-state index is 1.06. The van der Waals surface area contributed by atoms with Crippen LogP contribution in [0.1, 0.15) is 17.8 Å². The highest BCUT2D eigenvalue weighted by atomic mass is 32.1. The predicted octanol–water partition coefficient (Wildman–Crippen LogP) is 1.45. The fraction of sp³-hybridized carbons (Fsp3) is 0.714. The maximum absolute atomic E-state index is 4.09. The topological polar surface area (TPSA) is 29.0 Å². The highest BCUT2D eigenvalue weighted by molar-refractivity contribution is 7.15. The molecule has 0 atom stereocenters. The third-order valence-corrected chi connectivity index (χ3v) is 2.79. The lowest BCUT2D eigenvalue weighted by atomic mass is 10.4. The van der Waals surface area contributed by atoms with Gasteiger partial charge in [-0.2, -0.15) is 0 Å². The Balaban J connectivity index is 2.15. The number of rotatable bonds is 1. The molecule has 0 bridgehead atoms. The lowest BCUT2D eigenvalue weighted by molar-refractivity contribution is 0.922. The van der Waals surface area contributed by atoms with Crippen molar-refractivity contribution in [2.45, 2.75) is 19.8 Å². The molecule has 0 radical (unpaired) electrons. The first-order valence-electron chi connectivity index (χ1n) is 3.91. The van der Waals surface area contributed by atoms with Crippen molar-refractivity contribution in [2.24, 2.45) is 0 Å². The summed E-state index contributed by atoms with van der Waals surface area (Å²) in [5.74, 6) is 0. The molecule has 60 valence electrons. The summed E-state index contributed by atoms with van der Waals surface area (Å²) in [5, 5.41) is 10.2. The zero-order chi connectivity index (χ0) is 7.68. The van der Waals surface area contributed by atoms with Crippen molar-refractivity contribution in [3.63, 3.8) is 0 Å². The van der Waals surface area contributed by atoms with Crippen molar-refractivity contribution in [1.29, 1.82) is 0 Å². The Morgan fingerprint density at radius 3 is 2.55 bits per heavy atom. The molecule has 0 N–H and O–H groups in total. The van der Waals surface area contributed by atoms with Gasteiger partial charge in [0.05, 0.1) is 0 Å². The third kappa shape index (κ3) is 1.35. The molecule has 0 saturated carbocycles. The van der Waals surface area contributed by atoms with Gasteiger partial charge in [-0.3, -0.25) is 0 Å². The number of hydrogen-bond donors (Lipinski definition) is 0. The number of aryl methyl sites for hydroxylation is 1. The van der Waals surface area contributed by atoms with Crippen molar-refractivity contribution in [1.82, 2.24) is 10.2 Å². The summed E-state index contributed by atoms with van der Waals surface area (Å²) in [4.78, 5) is 2.31. The van der Waals surface area contributed by atoms with E-state index in [1.807, 2.05) is 6.92 Å². The maximum Gasteiger partial charge on any atom is 0.208 e. The summed E-state index contributed by atoms with van der Waals surface area (Å²) in [6.07, 6.45) is 2.61. The molecule has 0 aromatic carbocycles. The molecule has 3 nitrogen and oxygen atoms in total. The summed E-state index contributed by atoms with van der Waals surface area (Å²) in [6.45, 7) is 4.32. The van der Waals surface area contributed by atoms with E-state index < -0.39 is 0 Å². The summed E-state index contributed by atoms with van der Waals surface area (Å²) < 4.78 is 0. The Hall–Kier alpha value is -0.640. The van der Waals surface area contributed by atoms with Crippen LogP contribution in [-0.2, 0) is 0 Å². The van der Waals surface area contributed by atoms with Gasteiger partial charge in [0, 0.05) is 13.1 Å². The first-order valence-corrected chi connectivity index (χ1v) is 4.73. The van der Waals surface area contributed by atoms with Crippen molar-refractivity contribution < 1.29 is 0 Å². The van der Waals surface area contributed by atoms with E-state index in [0.29, 0.717) is 0 Å². The predicted molar refractivity (Wildman–Crippen MR) is 46.1 cm³/mol. The fourth-order valence-corrected chi connectivity index (χ4v) is 2.06. The van der Waals surface area contributed by atoms with Gasteiger partial charge in [0.25, 0.3) is 0 Å². The van der Waals surface area contributed by atoms with E-state index in [-0.39, 0.29) is 0 Å². The van der Waals surface area contributed by atoms with Gasteiger partial charge in [0.1, 0.15) is 5.01 Å². The van der Waals surface area contributed by atoms with Crippen LogP contribution in [0.15, 0.2) is 0 Å². The molecule has 1 aliphatic rings. The lowest BCUT2D eigenvalue weighted by Gasteiger charge is -2.10. The van der Waals surface area contributed by atoms with Gasteiger partial charge in [-0.1, -0.05) is 11.3 Å². The van der Waals surface area contributed by atoms with Crippen LogP contribution in [0.2, 0.25) is 0 Å². The summed E-state index contributed by atoms with van der Waals surface area (Å²) in [7, 11) is 0. The zero-order valence-electron chi connectivity index (χ0n) is 6.58. The van der Waals surface area contributed by atoms with Crippen LogP contribution in [-0.4, -0.2) is 23.3 Å². The largest absolute Gasteiger partial charge is 0.347 e. The second kappa shape index (κ2) is 2.77. The molecular weight excluding hydrogens is 158 g/mol. The van der Waals surface area contributed by atoms with Crippen LogP contribution in [0.5, 0.6) is 0 Å². The van der Waals surface area contributed by atoms with Crippen LogP contribution in [0.25, 0.3) is 0 Å². The molecule has 4 heteroatoms. The minimum Gasteiger partial charge on any atom is -0.347 e. The van der Waals surface area contributed by atoms with Gasteiger partial charge >= 0.3 is 0 Å². The number of aromatic nitrogens is 2. The molecule has 1 aromatic heterocycles. The van der Waals surface area contributed by atoms with Crippen LogP contribution >= 0.6 is 11.3 Å². The van der Waals surface area contributed by atoms with E-state index in [2.05, 4.69) is 15.1 Å². The van der Waals surface area contributed by atoms with E-state index in [1.54, 1.807) is 11.3 Å². The highest BCUT2D eigenvalue weighted by Crippen LogP contribution is 2.22. The first-order chi connectivity index (χ1) is 5.36. The molecule has 2 heterocycles. The number of hydrogen-bond acceptors (Lipinski definition) is 4.